The molecule has 0 saturated heterocycles. The zero-order valence-corrected chi connectivity index (χ0v) is 14.7. The van der Waals surface area contributed by atoms with Gasteiger partial charge in [0.25, 0.3) is 10.0 Å². The molecule has 0 bridgehead atoms. The third kappa shape index (κ3) is 4.21. The smallest absolute Gasteiger partial charge is 0.264 e. The predicted molar refractivity (Wildman–Crippen MR) is 91.3 cm³/mol. The molecule has 0 aromatic heterocycles. The lowest BCUT2D eigenvalue weighted by atomic mass is 10.1. The normalized spacial score (nSPS) is 18.5. The van der Waals surface area contributed by atoms with Crippen LogP contribution in [0.25, 0.3) is 0 Å². The number of benzene rings is 1. The number of quaternary nitrogens is 1. The van der Waals surface area contributed by atoms with Gasteiger partial charge in [-0.1, -0.05) is 18.5 Å². The standard InChI is InChI=1S/C14H20ClN5O2S/c1-3-10-8-18-20(9-10)14(17-4-2)19-23(21,22)11-5-6-13(16)12(15)7-11/h5-8,10H,3-4,9,16H2,1-2H3,(H,17,19)/p+1. The lowest BCUT2D eigenvalue weighted by molar-refractivity contribution is -0.254. The average Bonchev–Trinajstić information content (AvgIpc) is 2.98. The highest BCUT2D eigenvalue weighted by atomic mass is 35.5. The van der Waals surface area contributed by atoms with Crippen molar-refractivity contribution in [1.29, 1.82) is 0 Å². The van der Waals surface area contributed by atoms with E-state index < -0.39 is 10.0 Å². The molecule has 1 heterocycles. The number of hydrogen-bond donors (Lipinski definition) is 2. The van der Waals surface area contributed by atoms with Gasteiger partial charge in [0, 0.05) is 24.7 Å². The molecule has 1 unspecified atom stereocenters. The third-order valence-corrected chi connectivity index (χ3v) is 5.14. The maximum atomic E-state index is 12.5. The van der Waals surface area contributed by atoms with Gasteiger partial charge in [-0.05, 0) is 25.5 Å². The van der Waals surface area contributed by atoms with Crippen LogP contribution in [-0.4, -0.2) is 38.7 Å². The van der Waals surface area contributed by atoms with Crippen molar-refractivity contribution in [2.45, 2.75) is 25.2 Å². The number of aliphatic imine (C=N–C) groups is 1. The van der Waals surface area contributed by atoms with Gasteiger partial charge in [0.1, 0.15) is 10.7 Å². The Morgan fingerprint density at radius 2 is 2.26 bits per heavy atom. The van der Waals surface area contributed by atoms with E-state index in [1.807, 2.05) is 13.1 Å². The Labute approximate surface area is 141 Å². The molecular formula is C14H21ClN5O2S+. The van der Waals surface area contributed by atoms with E-state index in [1.165, 1.54) is 12.1 Å². The van der Waals surface area contributed by atoms with Crippen molar-refractivity contribution in [2.24, 2.45) is 16.0 Å². The van der Waals surface area contributed by atoms with Crippen molar-refractivity contribution >= 4 is 39.5 Å². The van der Waals surface area contributed by atoms with Crippen LogP contribution in [-0.2, 0) is 10.0 Å². The molecule has 1 aromatic carbocycles. The average molecular weight is 359 g/mol. The molecule has 4 N–H and O–H groups in total. The minimum Gasteiger partial charge on any atom is -0.324 e. The number of hydrazone groups is 1. The molecule has 126 valence electrons. The fourth-order valence-corrected chi connectivity index (χ4v) is 3.35. The fourth-order valence-electron chi connectivity index (χ4n) is 2.06. The van der Waals surface area contributed by atoms with Gasteiger partial charge in [-0.3, -0.25) is 4.99 Å². The highest BCUT2D eigenvalue weighted by molar-refractivity contribution is 7.90. The molecule has 1 atom stereocenters. The summed E-state index contributed by atoms with van der Waals surface area (Å²) < 4.78 is 27.6. The predicted octanol–water partition coefficient (Wildman–Crippen LogP) is 1.20. The summed E-state index contributed by atoms with van der Waals surface area (Å²) in [6.07, 6.45) is 2.75. The first-order valence-electron chi connectivity index (χ1n) is 7.37. The van der Waals surface area contributed by atoms with Crippen LogP contribution >= 0.6 is 11.6 Å². The van der Waals surface area contributed by atoms with Gasteiger partial charge in [0.2, 0.25) is 5.96 Å². The summed E-state index contributed by atoms with van der Waals surface area (Å²) in [6, 6.07) is 4.40. The largest absolute Gasteiger partial charge is 0.324 e. The Bertz CT molecular complexity index is 733. The molecule has 0 radical (unpaired) electrons. The number of nitrogens with one attached hydrogen (secondary N) is 1. The zero-order chi connectivity index (χ0) is 17.0. The second-order valence-electron chi connectivity index (χ2n) is 5.17. The molecule has 0 fully saturated rings. The number of guanidine groups is 1. The Morgan fingerprint density at radius 1 is 1.52 bits per heavy atom. The molecule has 1 aromatic rings. The van der Waals surface area contributed by atoms with Gasteiger partial charge >= 0.3 is 0 Å². The van der Waals surface area contributed by atoms with E-state index in [-0.39, 0.29) is 10.9 Å². The van der Waals surface area contributed by atoms with Gasteiger partial charge in [-0.25, -0.2) is 18.1 Å². The van der Waals surface area contributed by atoms with Crippen LogP contribution in [0, 0.1) is 5.92 Å². The van der Waals surface area contributed by atoms with Crippen molar-refractivity contribution in [3.05, 3.63) is 23.2 Å². The second-order valence-corrected chi connectivity index (χ2v) is 7.26. The van der Waals surface area contributed by atoms with Crippen molar-refractivity contribution in [3.63, 3.8) is 0 Å². The van der Waals surface area contributed by atoms with Crippen LogP contribution in [0.1, 0.15) is 20.3 Å². The number of rotatable bonds is 4. The minimum atomic E-state index is -3.79. The van der Waals surface area contributed by atoms with Crippen LogP contribution in [0.3, 0.4) is 0 Å². The number of sulfonamides is 1. The van der Waals surface area contributed by atoms with E-state index in [1.54, 1.807) is 11.1 Å². The minimum absolute atomic E-state index is 0.0638. The first-order valence-corrected chi connectivity index (χ1v) is 9.24. The molecule has 1 aliphatic rings. The highest BCUT2D eigenvalue weighted by Gasteiger charge is 2.25. The SMILES string of the molecule is CCN=C(NS(=O)(=O)c1ccc([NH3+])c(Cl)c1)N1CC(CC)C=N1. The van der Waals surface area contributed by atoms with Gasteiger partial charge in [0.05, 0.1) is 11.4 Å². The lowest BCUT2D eigenvalue weighted by Crippen LogP contribution is -2.42. The van der Waals surface area contributed by atoms with Gasteiger partial charge in [-0.2, -0.15) is 5.10 Å². The summed E-state index contributed by atoms with van der Waals surface area (Å²) in [5, 5.41) is 6.11. The molecule has 0 aliphatic carbocycles. The van der Waals surface area contributed by atoms with Crippen LogP contribution < -0.4 is 10.5 Å². The summed E-state index contributed by atoms with van der Waals surface area (Å²) in [7, 11) is -3.79. The maximum absolute atomic E-state index is 12.5. The summed E-state index contributed by atoms with van der Waals surface area (Å²) in [6.45, 7) is 4.94. The molecule has 23 heavy (non-hydrogen) atoms. The molecule has 2 rings (SSSR count). The quantitative estimate of drug-likeness (QED) is 0.624. The van der Waals surface area contributed by atoms with Crippen molar-refractivity contribution < 1.29 is 14.2 Å². The second kappa shape index (κ2) is 7.29. The fraction of sp³-hybridized carbons (Fsp3) is 0.429. The van der Waals surface area contributed by atoms with Gasteiger partial charge < -0.3 is 5.73 Å². The molecule has 1 aliphatic heterocycles. The lowest BCUT2D eigenvalue weighted by Gasteiger charge is -2.19. The summed E-state index contributed by atoms with van der Waals surface area (Å²) >= 11 is 5.96. The van der Waals surface area contributed by atoms with E-state index in [0.717, 1.165) is 6.42 Å². The monoisotopic (exact) mass is 358 g/mol. The van der Waals surface area contributed by atoms with Crippen LogP contribution in [0.4, 0.5) is 5.69 Å². The van der Waals surface area contributed by atoms with Crippen molar-refractivity contribution in [2.75, 3.05) is 13.1 Å². The van der Waals surface area contributed by atoms with Crippen LogP contribution in [0.5, 0.6) is 0 Å². The van der Waals surface area contributed by atoms with E-state index in [2.05, 4.69) is 27.5 Å². The number of nitrogens with zero attached hydrogens (tertiary/aromatic N) is 3. The summed E-state index contributed by atoms with van der Waals surface area (Å²) in [5.41, 5.74) is 4.29. The first kappa shape index (κ1) is 17.7. The molecule has 9 heteroatoms. The Balaban J connectivity index is 2.24. The molecular weight excluding hydrogens is 338 g/mol. The number of halogens is 1. The molecule has 0 spiro atoms. The Kier molecular flexibility index (Phi) is 5.61. The van der Waals surface area contributed by atoms with Crippen LogP contribution in [0.15, 0.2) is 33.2 Å². The van der Waals surface area contributed by atoms with E-state index in [4.69, 9.17) is 11.6 Å². The van der Waals surface area contributed by atoms with Crippen molar-refractivity contribution in [3.8, 4) is 0 Å². The first-order chi connectivity index (χ1) is 10.9. The Hall–Kier alpha value is -1.64. The van der Waals surface area contributed by atoms with E-state index in [9.17, 15) is 8.42 Å². The van der Waals surface area contributed by atoms with Crippen molar-refractivity contribution in [1.82, 2.24) is 9.73 Å². The maximum Gasteiger partial charge on any atom is 0.264 e. The Morgan fingerprint density at radius 3 is 2.83 bits per heavy atom. The van der Waals surface area contributed by atoms with E-state index in [0.29, 0.717) is 29.7 Å². The highest BCUT2D eigenvalue weighted by Crippen LogP contribution is 2.21. The van der Waals surface area contributed by atoms with E-state index >= 15 is 0 Å². The summed E-state index contributed by atoms with van der Waals surface area (Å²) in [5.74, 6) is 0.510. The topological polar surface area (TPSA) is 102 Å². The van der Waals surface area contributed by atoms with Gasteiger partial charge in [-0.15, -0.1) is 0 Å². The molecule has 0 saturated carbocycles. The number of hydrogen-bond acceptors (Lipinski definition) is 4. The van der Waals surface area contributed by atoms with Crippen LogP contribution in [0.2, 0.25) is 5.02 Å². The zero-order valence-electron chi connectivity index (χ0n) is 13.2. The molecule has 7 nitrogen and oxygen atoms in total. The van der Waals surface area contributed by atoms with Gasteiger partial charge in [0.15, 0.2) is 0 Å². The third-order valence-electron chi connectivity index (χ3n) is 3.46. The summed E-state index contributed by atoms with van der Waals surface area (Å²) in [4.78, 5) is 4.28. The molecule has 0 amide bonds.